The Bertz CT molecular complexity index is 670. The standard InChI is InChI=1S/C16H13O/c1-2-17-16-9-5-8-14-10-12-6-3-4-7-13(12)11-15(14)16/h3-4,6-11H,2H2,1H3. The van der Waals surface area contributed by atoms with Crippen molar-refractivity contribution in [3.05, 3.63) is 54.6 Å². The van der Waals surface area contributed by atoms with Crippen LogP contribution in [0.3, 0.4) is 0 Å². The molecule has 0 heterocycles. The molecule has 1 nitrogen and oxygen atoms in total. The van der Waals surface area contributed by atoms with Gasteiger partial charge in [-0.2, -0.15) is 0 Å². The van der Waals surface area contributed by atoms with Crippen LogP contribution >= 0.6 is 0 Å². The first kappa shape index (κ1) is 10.2. The smallest absolute Gasteiger partial charge is 0.127 e. The minimum atomic E-state index is 0.680. The summed E-state index contributed by atoms with van der Waals surface area (Å²) < 4.78 is 5.64. The Kier molecular flexibility index (Phi) is 2.45. The van der Waals surface area contributed by atoms with E-state index in [4.69, 9.17) is 4.74 Å². The summed E-state index contributed by atoms with van der Waals surface area (Å²) in [5, 5.41) is 4.83. The van der Waals surface area contributed by atoms with Crippen LogP contribution in [0, 0.1) is 6.07 Å². The van der Waals surface area contributed by atoms with Gasteiger partial charge < -0.3 is 4.74 Å². The zero-order valence-electron chi connectivity index (χ0n) is 9.73. The number of hydrogen-bond donors (Lipinski definition) is 0. The fraction of sp³-hybridized carbons (Fsp3) is 0.125. The van der Waals surface area contributed by atoms with E-state index >= 15 is 0 Å². The molecule has 0 aliphatic carbocycles. The second kappa shape index (κ2) is 4.10. The molecule has 1 radical (unpaired) electrons. The van der Waals surface area contributed by atoms with E-state index in [9.17, 15) is 0 Å². The van der Waals surface area contributed by atoms with E-state index in [-0.39, 0.29) is 0 Å². The van der Waals surface area contributed by atoms with Gasteiger partial charge in [0.05, 0.1) is 6.61 Å². The lowest BCUT2D eigenvalue weighted by atomic mass is 10.0. The van der Waals surface area contributed by atoms with Crippen molar-refractivity contribution in [3.8, 4) is 5.75 Å². The number of fused-ring (bicyclic) bond motifs is 2. The minimum Gasteiger partial charge on any atom is -0.493 e. The summed E-state index contributed by atoms with van der Waals surface area (Å²) in [6.45, 7) is 2.68. The largest absolute Gasteiger partial charge is 0.493 e. The summed E-state index contributed by atoms with van der Waals surface area (Å²) in [6.07, 6.45) is 0. The van der Waals surface area contributed by atoms with E-state index in [0.29, 0.717) is 6.61 Å². The monoisotopic (exact) mass is 221 g/mol. The summed E-state index contributed by atoms with van der Waals surface area (Å²) >= 11 is 0. The van der Waals surface area contributed by atoms with E-state index < -0.39 is 0 Å². The van der Waals surface area contributed by atoms with E-state index in [1.807, 2.05) is 19.1 Å². The Morgan fingerprint density at radius 1 is 1.00 bits per heavy atom. The van der Waals surface area contributed by atoms with Crippen LogP contribution < -0.4 is 4.74 Å². The Balaban J connectivity index is 2.35. The van der Waals surface area contributed by atoms with Crippen molar-refractivity contribution in [1.82, 2.24) is 0 Å². The third-order valence-electron chi connectivity index (χ3n) is 2.94. The van der Waals surface area contributed by atoms with Crippen molar-refractivity contribution in [2.75, 3.05) is 6.61 Å². The topological polar surface area (TPSA) is 9.23 Å². The summed E-state index contributed by atoms with van der Waals surface area (Å²) in [5.41, 5.74) is 0. The maximum atomic E-state index is 5.64. The molecular weight excluding hydrogens is 208 g/mol. The Morgan fingerprint density at radius 2 is 1.76 bits per heavy atom. The van der Waals surface area contributed by atoms with Gasteiger partial charge in [-0.05, 0) is 53.4 Å². The Morgan fingerprint density at radius 3 is 2.53 bits per heavy atom. The Hall–Kier alpha value is -2.02. The third-order valence-corrected chi connectivity index (χ3v) is 2.94. The molecule has 0 saturated carbocycles. The van der Waals surface area contributed by atoms with Crippen molar-refractivity contribution in [3.63, 3.8) is 0 Å². The summed E-state index contributed by atoms with van der Waals surface area (Å²) in [4.78, 5) is 0. The van der Waals surface area contributed by atoms with Gasteiger partial charge in [0.2, 0.25) is 0 Å². The van der Waals surface area contributed by atoms with Crippen molar-refractivity contribution >= 4 is 21.5 Å². The van der Waals surface area contributed by atoms with Crippen molar-refractivity contribution in [2.24, 2.45) is 0 Å². The van der Waals surface area contributed by atoms with E-state index in [2.05, 4.69) is 42.5 Å². The van der Waals surface area contributed by atoms with Gasteiger partial charge in [0.15, 0.2) is 0 Å². The highest BCUT2D eigenvalue weighted by Gasteiger charge is 2.03. The number of benzene rings is 3. The molecular formula is C16H13O. The molecule has 3 rings (SSSR count). The molecule has 0 N–H and O–H groups in total. The van der Waals surface area contributed by atoms with Crippen LogP contribution in [0.1, 0.15) is 6.92 Å². The first-order valence-corrected chi connectivity index (χ1v) is 5.84. The SMILES string of the molecule is CCOc1c[c]cc2cc3ccccc3cc12. The lowest BCUT2D eigenvalue weighted by Gasteiger charge is -2.08. The molecule has 3 aromatic carbocycles. The van der Waals surface area contributed by atoms with Gasteiger partial charge in [0.25, 0.3) is 0 Å². The van der Waals surface area contributed by atoms with Gasteiger partial charge in [-0.25, -0.2) is 0 Å². The molecule has 0 aliphatic heterocycles. The predicted molar refractivity (Wildman–Crippen MR) is 71.5 cm³/mol. The summed E-state index contributed by atoms with van der Waals surface area (Å²) in [5.74, 6) is 0.913. The third kappa shape index (κ3) is 1.74. The van der Waals surface area contributed by atoms with Crippen LogP contribution in [0.4, 0.5) is 0 Å². The van der Waals surface area contributed by atoms with Gasteiger partial charge in [0, 0.05) is 5.39 Å². The van der Waals surface area contributed by atoms with Gasteiger partial charge >= 0.3 is 0 Å². The molecule has 0 aliphatic rings. The van der Waals surface area contributed by atoms with Gasteiger partial charge in [0.1, 0.15) is 5.75 Å². The van der Waals surface area contributed by atoms with E-state index in [0.717, 1.165) is 11.1 Å². The normalized spacial score (nSPS) is 10.9. The van der Waals surface area contributed by atoms with Crippen LogP contribution in [0.25, 0.3) is 21.5 Å². The molecule has 0 amide bonds. The lowest BCUT2D eigenvalue weighted by Crippen LogP contribution is -1.92. The maximum Gasteiger partial charge on any atom is 0.127 e. The van der Waals surface area contributed by atoms with Gasteiger partial charge in [-0.15, -0.1) is 0 Å². The average molecular weight is 221 g/mol. The highest BCUT2D eigenvalue weighted by atomic mass is 16.5. The zero-order valence-corrected chi connectivity index (χ0v) is 9.73. The van der Waals surface area contributed by atoms with Crippen LogP contribution in [-0.4, -0.2) is 6.61 Å². The quantitative estimate of drug-likeness (QED) is 0.589. The second-order valence-electron chi connectivity index (χ2n) is 4.04. The first-order valence-electron chi connectivity index (χ1n) is 5.84. The summed E-state index contributed by atoms with van der Waals surface area (Å²) in [7, 11) is 0. The van der Waals surface area contributed by atoms with Crippen molar-refractivity contribution in [1.29, 1.82) is 0 Å². The molecule has 83 valence electrons. The minimum absolute atomic E-state index is 0.680. The maximum absolute atomic E-state index is 5.64. The molecule has 0 unspecified atom stereocenters. The first-order chi connectivity index (χ1) is 8.38. The van der Waals surface area contributed by atoms with Crippen LogP contribution in [0.5, 0.6) is 5.75 Å². The molecule has 0 spiro atoms. The molecule has 0 atom stereocenters. The van der Waals surface area contributed by atoms with Crippen molar-refractivity contribution in [2.45, 2.75) is 6.92 Å². The van der Waals surface area contributed by atoms with Crippen LogP contribution in [0.15, 0.2) is 48.5 Å². The average Bonchev–Trinajstić information content (AvgIpc) is 2.37. The van der Waals surface area contributed by atoms with Crippen molar-refractivity contribution < 1.29 is 4.74 Å². The van der Waals surface area contributed by atoms with Gasteiger partial charge in [-0.3, -0.25) is 0 Å². The highest BCUT2D eigenvalue weighted by Crippen LogP contribution is 2.29. The van der Waals surface area contributed by atoms with E-state index in [1.54, 1.807) is 0 Å². The lowest BCUT2D eigenvalue weighted by molar-refractivity contribution is 0.344. The molecule has 1 heteroatoms. The predicted octanol–water partition coefficient (Wildman–Crippen LogP) is 4.19. The second-order valence-corrected chi connectivity index (χ2v) is 4.04. The summed E-state index contributed by atoms with van der Waals surface area (Å²) in [6, 6.07) is 19.8. The van der Waals surface area contributed by atoms with Gasteiger partial charge in [-0.1, -0.05) is 24.3 Å². The van der Waals surface area contributed by atoms with E-state index in [1.165, 1.54) is 16.2 Å². The number of ether oxygens (including phenoxy) is 1. The fourth-order valence-corrected chi connectivity index (χ4v) is 2.15. The van der Waals surface area contributed by atoms with Crippen LogP contribution in [-0.2, 0) is 0 Å². The molecule has 17 heavy (non-hydrogen) atoms. The fourth-order valence-electron chi connectivity index (χ4n) is 2.15. The molecule has 0 aromatic heterocycles. The molecule has 0 fully saturated rings. The molecule has 0 saturated heterocycles. The number of rotatable bonds is 2. The zero-order chi connectivity index (χ0) is 11.7. The highest BCUT2D eigenvalue weighted by molar-refractivity contribution is 6.00. The number of hydrogen-bond acceptors (Lipinski definition) is 1. The molecule has 0 bridgehead atoms. The van der Waals surface area contributed by atoms with Crippen LogP contribution in [0.2, 0.25) is 0 Å². The Labute approximate surface area is 101 Å². The molecule has 3 aromatic rings.